The molecule has 0 saturated heterocycles. The van der Waals surface area contributed by atoms with E-state index in [9.17, 15) is 8.78 Å². The molecule has 1 fully saturated rings. The van der Waals surface area contributed by atoms with Gasteiger partial charge in [-0.15, -0.1) is 0 Å². The van der Waals surface area contributed by atoms with Gasteiger partial charge in [0.15, 0.2) is 0 Å². The fourth-order valence-corrected chi connectivity index (χ4v) is 4.66. The lowest BCUT2D eigenvalue weighted by Crippen LogP contribution is -2.22. The number of hydrogen-bond donors (Lipinski definition) is 2. The van der Waals surface area contributed by atoms with Gasteiger partial charge in [0.05, 0.1) is 10.7 Å². The van der Waals surface area contributed by atoms with Crippen molar-refractivity contribution in [1.29, 1.82) is 0 Å². The SMILES string of the molecule is NCC1CCC(Cc2cc(-c3cccc(NCc4cccc(OC(F)F)c4)n3)c(Cl)cn2)CC1. The summed E-state index contributed by atoms with van der Waals surface area (Å²) in [7, 11) is 0. The lowest BCUT2D eigenvalue weighted by molar-refractivity contribution is -0.0498. The van der Waals surface area contributed by atoms with Crippen LogP contribution in [0, 0.1) is 11.8 Å². The number of alkyl halides is 2. The first-order chi connectivity index (χ1) is 16.5. The lowest BCUT2D eigenvalue weighted by atomic mass is 9.80. The Hall–Kier alpha value is -2.77. The fraction of sp³-hybridized carbons (Fsp3) is 0.385. The van der Waals surface area contributed by atoms with Gasteiger partial charge in [-0.05, 0) is 86.4 Å². The molecule has 4 rings (SSSR count). The minimum atomic E-state index is -2.85. The highest BCUT2D eigenvalue weighted by molar-refractivity contribution is 6.33. The predicted molar refractivity (Wildman–Crippen MR) is 131 cm³/mol. The average Bonchev–Trinajstić information content (AvgIpc) is 2.84. The van der Waals surface area contributed by atoms with Crippen LogP contribution in [0.5, 0.6) is 5.75 Å². The Morgan fingerprint density at radius 2 is 1.82 bits per heavy atom. The number of benzene rings is 1. The number of hydrogen-bond acceptors (Lipinski definition) is 5. The number of rotatable bonds is 9. The van der Waals surface area contributed by atoms with Gasteiger partial charge in [0, 0.05) is 24.0 Å². The molecule has 0 spiro atoms. The van der Waals surface area contributed by atoms with Gasteiger partial charge in [0.1, 0.15) is 11.6 Å². The van der Waals surface area contributed by atoms with Crippen LogP contribution in [-0.2, 0) is 13.0 Å². The Balaban J connectivity index is 1.43. The largest absolute Gasteiger partial charge is 0.435 e. The van der Waals surface area contributed by atoms with E-state index in [1.54, 1.807) is 18.3 Å². The molecule has 1 saturated carbocycles. The fourth-order valence-electron chi connectivity index (χ4n) is 4.46. The van der Waals surface area contributed by atoms with Crippen LogP contribution in [0.25, 0.3) is 11.3 Å². The molecule has 0 amide bonds. The summed E-state index contributed by atoms with van der Waals surface area (Å²) < 4.78 is 29.4. The average molecular weight is 487 g/mol. The second-order valence-electron chi connectivity index (χ2n) is 8.77. The number of nitrogens with two attached hydrogens (primary N) is 1. The van der Waals surface area contributed by atoms with Crippen LogP contribution in [0.2, 0.25) is 5.02 Å². The lowest BCUT2D eigenvalue weighted by Gasteiger charge is -2.27. The van der Waals surface area contributed by atoms with E-state index in [4.69, 9.17) is 22.3 Å². The number of anilines is 1. The van der Waals surface area contributed by atoms with Crippen LogP contribution in [-0.4, -0.2) is 23.1 Å². The summed E-state index contributed by atoms with van der Waals surface area (Å²) >= 11 is 6.48. The third-order valence-electron chi connectivity index (χ3n) is 6.33. The topological polar surface area (TPSA) is 73.1 Å². The number of aromatic nitrogens is 2. The molecule has 1 aliphatic carbocycles. The molecule has 3 aromatic rings. The summed E-state index contributed by atoms with van der Waals surface area (Å²) in [5.41, 5.74) is 9.24. The van der Waals surface area contributed by atoms with E-state index in [0.29, 0.717) is 29.2 Å². The second kappa shape index (κ2) is 11.6. The number of nitrogens with one attached hydrogen (secondary N) is 1. The molecule has 1 aromatic carbocycles. The van der Waals surface area contributed by atoms with E-state index in [-0.39, 0.29) is 5.75 Å². The number of pyridine rings is 2. The maximum atomic E-state index is 12.5. The predicted octanol–water partition coefficient (Wildman–Crippen LogP) is 6.32. The maximum Gasteiger partial charge on any atom is 0.387 e. The van der Waals surface area contributed by atoms with Crippen molar-refractivity contribution >= 4 is 17.4 Å². The molecule has 8 heteroatoms. The molecular formula is C26H29ClF2N4O. The van der Waals surface area contributed by atoms with Gasteiger partial charge < -0.3 is 15.8 Å². The van der Waals surface area contributed by atoms with Crippen molar-refractivity contribution in [2.45, 2.75) is 45.3 Å². The van der Waals surface area contributed by atoms with Crippen LogP contribution in [0.3, 0.4) is 0 Å². The number of nitrogens with zero attached hydrogens (tertiary/aromatic N) is 2. The Morgan fingerprint density at radius 1 is 1.06 bits per heavy atom. The van der Waals surface area contributed by atoms with Gasteiger partial charge in [0.2, 0.25) is 0 Å². The van der Waals surface area contributed by atoms with Crippen molar-refractivity contribution < 1.29 is 13.5 Å². The molecular weight excluding hydrogens is 458 g/mol. The molecule has 2 aromatic heterocycles. The third-order valence-corrected chi connectivity index (χ3v) is 6.63. The van der Waals surface area contributed by atoms with Gasteiger partial charge in [-0.2, -0.15) is 8.78 Å². The first-order valence-corrected chi connectivity index (χ1v) is 12.0. The highest BCUT2D eigenvalue weighted by Crippen LogP contribution is 2.32. The van der Waals surface area contributed by atoms with Crippen LogP contribution in [0.15, 0.2) is 54.7 Å². The maximum absolute atomic E-state index is 12.5. The van der Waals surface area contributed by atoms with Crippen LogP contribution in [0.1, 0.15) is 36.9 Å². The molecule has 0 unspecified atom stereocenters. The minimum absolute atomic E-state index is 0.128. The summed E-state index contributed by atoms with van der Waals surface area (Å²) in [4.78, 5) is 9.27. The Morgan fingerprint density at radius 3 is 2.59 bits per heavy atom. The monoisotopic (exact) mass is 486 g/mol. The van der Waals surface area contributed by atoms with E-state index in [0.717, 1.165) is 35.5 Å². The normalized spacial score (nSPS) is 18.1. The molecule has 34 heavy (non-hydrogen) atoms. The standard InChI is InChI=1S/C26H29ClF2N4O/c27-23-16-31-20(11-17-7-9-18(14-30)10-8-17)13-22(23)24-5-2-6-25(33-24)32-15-19-3-1-4-21(12-19)34-26(28)29/h1-6,12-13,16-18,26H,7-11,14-15,30H2,(H,32,33). The molecule has 5 nitrogen and oxygen atoms in total. The van der Waals surface area contributed by atoms with Crippen molar-refractivity contribution in [2.75, 3.05) is 11.9 Å². The molecule has 0 aliphatic heterocycles. The van der Waals surface area contributed by atoms with Crippen LogP contribution >= 0.6 is 11.6 Å². The quantitative estimate of drug-likeness (QED) is 0.370. The Bertz CT molecular complexity index is 1090. The Labute approximate surface area is 203 Å². The van der Waals surface area contributed by atoms with E-state index < -0.39 is 6.61 Å². The van der Waals surface area contributed by atoms with Crippen LogP contribution in [0.4, 0.5) is 14.6 Å². The van der Waals surface area contributed by atoms with Gasteiger partial charge in [-0.25, -0.2) is 4.98 Å². The van der Waals surface area contributed by atoms with E-state index >= 15 is 0 Å². The van der Waals surface area contributed by atoms with E-state index in [2.05, 4.69) is 15.0 Å². The summed E-state index contributed by atoms with van der Waals surface area (Å²) in [5.74, 6) is 2.06. The Kier molecular flexibility index (Phi) is 8.29. The van der Waals surface area contributed by atoms with E-state index in [1.807, 2.05) is 30.3 Å². The molecule has 2 heterocycles. The highest BCUT2D eigenvalue weighted by atomic mass is 35.5. The van der Waals surface area contributed by atoms with E-state index in [1.165, 1.54) is 31.7 Å². The van der Waals surface area contributed by atoms with Crippen LogP contribution < -0.4 is 15.8 Å². The highest BCUT2D eigenvalue weighted by Gasteiger charge is 2.21. The summed E-state index contributed by atoms with van der Waals surface area (Å²) in [6, 6.07) is 14.3. The van der Waals surface area contributed by atoms with Crippen molar-refractivity contribution in [3.63, 3.8) is 0 Å². The number of ether oxygens (including phenoxy) is 1. The van der Waals surface area contributed by atoms with Crippen molar-refractivity contribution in [3.05, 3.63) is 71.0 Å². The third kappa shape index (κ3) is 6.64. The summed E-state index contributed by atoms with van der Waals surface area (Å²) in [6.45, 7) is -1.66. The van der Waals surface area contributed by atoms with Crippen molar-refractivity contribution in [1.82, 2.24) is 9.97 Å². The number of halogens is 3. The molecule has 180 valence electrons. The zero-order valence-electron chi connectivity index (χ0n) is 18.9. The summed E-state index contributed by atoms with van der Waals surface area (Å²) in [5, 5.41) is 3.79. The second-order valence-corrected chi connectivity index (χ2v) is 9.18. The first-order valence-electron chi connectivity index (χ1n) is 11.6. The summed E-state index contributed by atoms with van der Waals surface area (Å²) in [6.07, 6.45) is 7.37. The minimum Gasteiger partial charge on any atom is -0.435 e. The molecule has 0 bridgehead atoms. The molecule has 0 atom stereocenters. The smallest absolute Gasteiger partial charge is 0.387 e. The van der Waals surface area contributed by atoms with Gasteiger partial charge in [-0.3, -0.25) is 4.98 Å². The van der Waals surface area contributed by atoms with Crippen molar-refractivity contribution in [3.8, 4) is 17.0 Å². The molecule has 3 N–H and O–H groups in total. The zero-order valence-corrected chi connectivity index (χ0v) is 19.6. The van der Waals surface area contributed by atoms with Gasteiger partial charge >= 0.3 is 6.61 Å². The van der Waals surface area contributed by atoms with Crippen molar-refractivity contribution in [2.24, 2.45) is 17.6 Å². The first kappa shape index (κ1) is 24.4. The molecule has 0 radical (unpaired) electrons. The van der Waals surface area contributed by atoms with Gasteiger partial charge in [0.25, 0.3) is 0 Å². The zero-order chi connectivity index (χ0) is 23.9. The van der Waals surface area contributed by atoms with Gasteiger partial charge in [-0.1, -0.05) is 29.8 Å². The molecule has 1 aliphatic rings.